The normalized spacial score (nSPS) is 24.5. The molecule has 15 heteroatoms. The van der Waals surface area contributed by atoms with E-state index < -0.39 is 28.8 Å². The van der Waals surface area contributed by atoms with E-state index in [0.717, 1.165) is 36.8 Å². The lowest BCUT2D eigenvalue weighted by Crippen LogP contribution is -2.70. The molecule has 3 aliphatic rings. The van der Waals surface area contributed by atoms with Crippen molar-refractivity contribution in [2.45, 2.75) is 69.6 Å². The summed E-state index contributed by atoms with van der Waals surface area (Å²) in [6.07, 6.45) is 7.37. The fourth-order valence-corrected chi connectivity index (χ4v) is 8.30. The summed E-state index contributed by atoms with van der Waals surface area (Å²) in [6.45, 7) is 5.97. The van der Waals surface area contributed by atoms with Crippen molar-refractivity contribution >= 4 is 17.5 Å². The second kappa shape index (κ2) is 19.9. The number of hydrogen-bond acceptors (Lipinski definition) is 13. The third-order valence-corrected chi connectivity index (χ3v) is 10.5. The van der Waals surface area contributed by atoms with Crippen LogP contribution in [-0.4, -0.2) is 107 Å². The van der Waals surface area contributed by atoms with Gasteiger partial charge in [-0.2, -0.15) is 0 Å². The number of non-ortho nitro benzene ring substituents is 1. The molecule has 2 aromatic rings. The van der Waals surface area contributed by atoms with Gasteiger partial charge in [0.15, 0.2) is 0 Å². The molecular formula is C40H53N3O12. The highest BCUT2D eigenvalue weighted by Crippen LogP contribution is 2.61. The van der Waals surface area contributed by atoms with Gasteiger partial charge in [-0.1, -0.05) is 30.1 Å². The van der Waals surface area contributed by atoms with Crippen LogP contribution >= 0.6 is 0 Å². The van der Waals surface area contributed by atoms with Crippen molar-refractivity contribution in [3.05, 3.63) is 82.4 Å². The van der Waals surface area contributed by atoms with Gasteiger partial charge < -0.3 is 44.2 Å². The van der Waals surface area contributed by atoms with E-state index in [1.807, 2.05) is 6.92 Å². The summed E-state index contributed by atoms with van der Waals surface area (Å²) < 4.78 is 25.4. The van der Waals surface area contributed by atoms with Crippen molar-refractivity contribution in [3.8, 4) is 17.2 Å². The maximum absolute atomic E-state index is 14.5. The predicted octanol–water partition coefficient (Wildman–Crippen LogP) is 5.46. The third-order valence-electron chi connectivity index (χ3n) is 10.5. The number of rotatable bonds is 21. The van der Waals surface area contributed by atoms with Crippen LogP contribution in [0.1, 0.15) is 63.4 Å². The number of amides is 1. The molecule has 1 heterocycles. The van der Waals surface area contributed by atoms with Gasteiger partial charge in [0.2, 0.25) is 5.79 Å². The summed E-state index contributed by atoms with van der Waals surface area (Å²) >= 11 is 0. The summed E-state index contributed by atoms with van der Waals surface area (Å²) in [5.74, 6) is -1.90. The molecule has 1 fully saturated rings. The highest BCUT2D eigenvalue weighted by Gasteiger charge is 2.65. The number of hydrogen-bond donors (Lipinski definition) is 4. The smallest absolute Gasteiger partial charge is 0.415 e. The van der Waals surface area contributed by atoms with Crippen LogP contribution in [0.3, 0.4) is 0 Å². The van der Waals surface area contributed by atoms with Crippen molar-refractivity contribution in [2.75, 3.05) is 52.8 Å². The first-order valence-corrected chi connectivity index (χ1v) is 19.0. The van der Waals surface area contributed by atoms with Gasteiger partial charge in [0.25, 0.3) is 5.69 Å². The third kappa shape index (κ3) is 9.47. The SMILES string of the molecule is C=CCO[C@@]12Oc3ccc(O)cc3[C@H]3[C@H](CCCCO)[C@@H](CCCCO)C=C(C(=NOCC)C[C@@H]1N(CCOCCO)C(=O)Oc1ccc([N+](=O)[O-])cc1)[C@H]32. The van der Waals surface area contributed by atoms with Gasteiger partial charge in [-0.25, -0.2) is 4.79 Å². The number of allylic oxidation sites excluding steroid dienone is 1. The standard InChI is InChI=1S/C40H53N3O12/c1-3-21-52-40-36(42(17-22-51-23-20-46)39(48)54-30-14-11-28(12-15-30)43(49)50)26-34(41-53-4-2)32-24-27(9-5-7-18-44)31(10-6-8-19-45)37(38(32)40)33-25-29(47)13-16-35(33)55-40/h3,11-16,24-25,27,31,36-38,44-47H,1,4-10,17-23,26H2,2H3/t27-,31+,36-,37+,38+,40+/m0/s1. The molecule has 2 aromatic carbocycles. The molecule has 15 nitrogen and oxygen atoms in total. The molecule has 0 bridgehead atoms. The number of phenols is 1. The lowest BCUT2D eigenvalue weighted by molar-refractivity contribution is -0.384. The number of phenolic OH excluding ortho intramolecular Hbond substituents is 1. The van der Waals surface area contributed by atoms with Crippen LogP contribution in [0.4, 0.5) is 10.5 Å². The minimum atomic E-state index is -1.57. The zero-order valence-corrected chi connectivity index (χ0v) is 31.3. The molecule has 6 atom stereocenters. The predicted molar refractivity (Wildman–Crippen MR) is 202 cm³/mol. The first kappa shape index (κ1) is 41.6. The van der Waals surface area contributed by atoms with Crippen molar-refractivity contribution in [1.82, 2.24) is 4.90 Å². The van der Waals surface area contributed by atoms with Gasteiger partial charge in [0.05, 0.1) is 43.0 Å². The van der Waals surface area contributed by atoms with Crippen molar-refractivity contribution in [2.24, 2.45) is 22.9 Å². The number of ether oxygens (including phenoxy) is 4. The Bertz CT molecular complexity index is 1670. The molecule has 4 N–H and O–H groups in total. The Morgan fingerprint density at radius 3 is 2.49 bits per heavy atom. The first-order chi connectivity index (χ1) is 26.7. The first-order valence-electron chi connectivity index (χ1n) is 19.0. The van der Waals surface area contributed by atoms with Crippen molar-refractivity contribution < 1.29 is 53.9 Å². The van der Waals surface area contributed by atoms with Crippen LogP contribution < -0.4 is 9.47 Å². The quantitative estimate of drug-likeness (QED) is 0.0541. The van der Waals surface area contributed by atoms with E-state index in [1.54, 1.807) is 24.3 Å². The van der Waals surface area contributed by atoms with Crippen LogP contribution in [-0.2, 0) is 14.3 Å². The number of nitro benzene ring substituents is 1. The van der Waals surface area contributed by atoms with Crippen molar-refractivity contribution in [3.63, 3.8) is 0 Å². The summed E-state index contributed by atoms with van der Waals surface area (Å²) in [6, 6.07) is 9.21. The van der Waals surface area contributed by atoms with Gasteiger partial charge in [-0.05, 0) is 80.3 Å². The monoisotopic (exact) mass is 767 g/mol. The molecule has 0 radical (unpaired) electrons. The Labute approximate surface area is 320 Å². The number of oxime groups is 1. The average molecular weight is 768 g/mol. The molecule has 1 amide bonds. The molecule has 0 saturated heterocycles. The van der Waals surface area contributed by atoms with E-state index in [-0.39, 0.29) is 94.2 Å². The Morgan fingerprint density at radius 2 is 1.82 bits per heavy atom. The summed E-state index contributed by atoms with van der Waals surface area (Å²) in [5.41, 5.74) is 2.02. The number of nitro groups is 1. The molecule has 0 unspecified atom stereocenters. The van der Waals surface area contributed by atoms with E-state index in [0.29, 0.717) is 24.3 Å². The number of aliphatic hydroxyl groups is 3. The minimum absolute atomic E-state index is 0.0138. The largest absolute Gasteiger partial charge is 0.508 e. The fraction of sp³-hybridized carbons (Fsp3) is 0.550. The number of aromatic hydroxyl groups is 1. The Hall–Kier alpha value is -4.54. The summed E-state index contributed by atoms with van der Waals surface area (Å²) in [4.78, 5) is 32.4. The number of carbonyl (C=O) groups is 1. The van der Waals surface area contributed by atoms with E-state index >= 15 is 0 Å². The number of aliphatic hydroxyl groups excluding tert-OH is 3. The second-order valence-electron chi connectivity index (χ2n) is 13.9. The highest BCUT2D eigenvalue weighted by molar-refractivity contribution is 6.03. The van der Waals surface area contributed by atoms with E-state index in [1.165, 1.54) is 29.2 Å². The van der Waals surface area contributed by atoms with Gasteiger partial charge in [-0.15, -0.1) is 6.58 Å². The molecular weight excluding hydrogens is 714 g/mol. The lowest BCUT2D eigenvalue weighted by Gasteiger charge is -2.59. The van der Waals surface area contributed by atoms with Gasteiger partial charge in [0, 0.05) is 49.8 Å². The van der Waals surface area contributed by atoms with Crippen molar-refractivity contribution in [1.29, 1.82) is 0 Å². The van der Waals surface area contributed by atoms with Gasteiger partial charge in [-0.3, -0.25) is 15.0 Å². The molecule has 0 spiro atoms. The number of benzene rings is 2. The topological polar surface area (TPSA) is 203 Å². The van der Waals surface area contributed by atoms with Crippen LogP contribution in [0.15, 0.2) is 71.9 Å². The van der Waals surface area contributed by atoms with E-state index in [9.17, 15) is 35.3 Å². The van der Waals surface area contributed by atoms with Crippen LogP contribution in [0, 0.1) is 27.9 Å². The molecule has 55 heavy (non-hydrogen) atoms. The molecule has 1 aliphatic heterocycles. The zero-order valence-electron chi connectivity index (χ0n) is 31.3. The Morgan fingerprint density at radius 1 is 1.07 bits per heavy atom. The second-order valence-corrected chi connectivity index (χ2v) is 13.9. The summed E-state index contributed by atoms with van der Waals surface area (Å²) in [7, 11) is 0. The molecule has 0 aromatic heterocycles. The Balaban J connectivity index is 1.72. The number of carbonyl (C=O) groups excluding carboxylic acids is 1. The maximum Gasteiger partial charge on any atom is 0.415 e. The van der Waals surface area contributed by atoms with Crippen LogP contribution in [0.25, 0.3) is 0 Å². The molecule has 300 valence electrons. The maximum atomic E-state index is 14.5. The number of fused-ring (bicyclic) bond motifs is 2. The highest BCUT2D eigenvalue weighted by atomic mass is 16.7. The van der Waals surface area contributed by atoms with E-state index in [4.69, 9.17) is 23.8 Å². The Kier molecular flexibility index (Phi) is 15.0. The van der Waals surface area contributed by atoms with Gasteiger partial charge >= 0.3 is 6.09 Å². The van der Waals surface area contributed by atoms with Crippen LogP contribution in [0.5, 0.6) is 17.2 Å². The number of unbranched alkanes of at least 4 members (excludes halogenated alkanes) is 2. The molecule has 5 rings (SSSR count). The fourth-order valence-electron chi connectivity index (χ4n) is 8.30. The van der Waals surface area contributed by atoms with Crippen LogP contribution in [0.2, 0.25) is 0 Å². The minimum Gasteiger partial charge on any atom is -0.508 e. The molecule has 1 saturated carbocycles. The average Bonchev–Trinajstić information content (AvgIpc) is 3.18. The van der Waals surface area contributed by atoms with E-state index in [2.05, 4.69) is 17.8 Å². The molecule has 2 aliphatic carbocycles. The zero-order chi connectivity index (χ0) is 39.4. The lowest BCUT2D eigenvalue weighted by atomic mass is 9.55. The summed E-state index contributed by atoms with van der Waals surface area (Å²) in [5, 5.41) is 55.7. The van der Waals surface area contributed by atoms with Gasteiger partial charge in [0.1, 0.15) is 29.9 Å². The number of nitrogens with zero attached hydrogens (tertiary/aromatic N) is 3.